The van der Waals surface area contributed by atoms with Gasteiger partial charge < -0.3 is 20.9 Å². The Morgan fingerprint density at radius 1 is 1.21 bits per heavy atom. The van der Waals surface area contributed by atoms with E-state index >= 15 is 0 Å². The van der Waals surface area contributed by atoms with E-state index in [0.717, 1.165) is 12.8 Å². The zero-order chi connectivity index (χ0) is 14.5. The predicted octanol–water partition coefficient (Wildman–Crippen LogP) is 0.475. The smallest absolute Gasteiger partial charge is 0.321 e. The highest BCUT2D eigenvalue weighted by Crippen LogP contribution is 2.35. The number of carbonyl (C=O) groups is 2. The molecule has 0 aromatic heterocycles. The van der Waals surface area contributed by atoms with E-state index in [4.69, 9.17) is 44.1 Å². The fraction of sp³-hybridized carbons (Fsp3) is 0.818. The van der Waals surface area contributed by atoms with Crippen molar-refractivity contribution in [2.24, 2.45) is 11.5 Å². The van der Waals surface area contributed by atoms with E-state index in [1.165, 1.54) is 0 Å². The summed E-state index contributed by atoms with van der Waals surface area (Å²) in [5.41, 5.74) is 10.3. The lowest BCUT2D eigenvalue weighted by molar-refractivity contribution is -0.195. The van der Waals surface area contributed by atoms with Crippen molar-refractivity contribution in [3.63, 3.8) is 0 Å². The molecule has 2 unspecified atom stereocenters. The van der Waals surface area contributed by atoms with Gasteiger partial charge in [-0.05, 0) is 25.7 Å². The average molecular weight is 313 g/mol. The van der Waals surface area contributed by atoms with E-state index in [2.05, 4.69) is 0 Å². The molecule has 4 N–H and O–H groups in total. The van der Waals surface area contributed by atoms with Gasteiger partial charge in [0, 0.05) is 0 Å². The molecule has 19 heavy (non-hydrogen) atoms. The SMILES string of the molecule is NC(N)C1(OC(=O)CCl)CCCCC1OC(=O)CCl. The van der Waals surface area contributed by atoms with E-state index < -0.39 is 29.8 Å². The number of hydrogen-bond acceptors (Lipinski definition) is 6. The lowest BCUT2D eigenvalue weighted by Gasteiger charge is -2.44. The van der Waals surface area contributed by atoms with Crippen LogP contribution < -0.4 is 11.5 Å². The van der Waals surface area contributed by atoms with Crippen LogP contribution in [0.3, 0.4) is 0 Å². The number of carbonyl (C=O) groups excluding carboxylic acids is 2. The maximum Gasteiger partial charge on any atom is 0.321 e. The first-order valence-electron chi connectivity index (χ1n) is 6.00. The van der Waals surface area contributed by atoms with Crippen molar-refractivity contribution < 1.29 is 19.1 Å². The summed E-state index contributed by atoms with van der Waals surface area (Å²) >= 11 is 10.8. The summed E-state index contributed by atoms with van der Waals surface area (Å²) < 4.78 is 10.5. The standard InChI is InChI=1S/C11H18Cl2N2O4/c12-5-8(16)18-7-3-1-2-4-11(7,10(14)15)19-9(17)6-13/h7,10H,1-6,14-15H2. The van der Waals surface area contributed by atoms with Gasteiger partial charge in [-0.3, -0.25) is 9.59 Å². The van der Waals surface area contributed by atoms with E-state index in [1.54, 1.807) is 0 Å². The molecule has 1 rings (SSSR count). The fourth-order valence-corrected chi connectivity index (χ4v) is 2.41. The number of hydrogen-bond donors (Lipinski definition) is 2. The molecule has 0 aromatic rings. The summed E-state index contributed by atoms with van der Waals surface area (Å²) in [7, 11) is 0. The second-order valence-electron chi connectivity index (χ2n) is 4.45. The maximum atomic E-state index is 11.5. The zero-order valence-electron chi connectivity index (χ0n) is 10.4. The lowest BCUT2D eigenvalue weighted by atomic mass is 9.79. The third-order valence-corrected chi connectivity index (χ3v) is 3.63. The third-order valence-electron chi connectivity index (χ3n) is 3.19. The highest BCUT2D eigenvalue weighted by atomic mass is 35.5. The number of alkyl halides is 2. The van der Waals surface area contributed by atoms with Crippen LogP contribution in [-0.4, -0.2) is 41.6 Å². The Morgan fingerprint density at radius 3 is 2.37 bits per heavy atom. The molecular formula is C11H18Cl2N2O4. The van der Waals surface area contributed by atoms with Crippen LogP contribution in [0.5, 0.6) is 0 Å². The topological polar surface area (TPSA) is 105 Å². The maximum absolute atomic E-state index is 11.5. The van der Waals surface area contributed by atoms with E-state index in [-0.39, 0.29) is 11.8 Å². The average Bonchev–Trinajstić information content (AvgIpc) is 2.40. The third kappa shape index (κ3) is 3.95. The Morgan fingerprint density at radius 2 is 1.84 bits per heavy atom. The van der Waals surface area contributed by atoms with Crippen LogP contribution in [0, 0.1) is 0 Å². The van der Waals surface area contributed by atoms with Crippen molar-refractivity contribution in [3.05, 3.63) is 0 Å². The van der Waals surface area contributed by atoms with Gasteiger partial charge >= 0.3 is 11.9 Å². The fourth-order valence-electron chi connectivity index (χ4n) is 2.29. The minimum Gasteiger partial charge on any atom is -0.457 e. The van der Waals surface area contributed by atoms with Gasteiger partial charge in [0.05, 0.1) is 6.17 Å². The molecule has 8 heteroatoms. The molecule has 0 heterocycles. The Balaban J connectivity index is 2.94. The van der Waals surface area contributed by atoms with Crippen molar-refractivity contribution in [1.29, 1.82) is 0 Å². The summed E-state index contributed by atoms with van der Waals surface area (Å²) in [5.74, 6) is -1.84. The predicted molar refractivity (Wildman–Crippen MR) is 70.8 cm³/mol. The minimum absolute atomic E-state index is 0.282. The van der Waals surface area contributed by atoms with Gasteiger partial charge in [-0.15, -0.1) is 23.2 Å². The molecule has 1 aliphatic rings. The molecule has 0 aromatic carbocycles. The summed E-state index contributed by atoms with van der Waals surface area (Å²) in [4.78, 5) is 22.8. The van der Waals surface area contributed by atoms with Crippen LogP contribution in [0.4, 0.5) is 0 Å². The molecule has 0 radical (unpaired) electrons. The van der Waals surface area contributed by atoms with E-state index in [0.29, 0.717) is 12.8 Å². The van der Waals surface area contributed by atoms with Crippen LogP contribution >= 0.6 is 23.2 Å². The molecule has 2 atom stereocenters. The van der Waals surface area contributed by atoms with Crippen molar-refractivity contribution >= 4 is 35.1 Å². The van der Waals surface area contributed by atoms with Crippen molar-refractivity contribution in [1.82, 2.24) is 0 Å². The molecule has 6 nitrogen and oxygen atoms in total. The molecule has 0 saturated heterocycles. The summed E-state index contributed by atoms with van der Waals surface area (Å²) in [6.45, 7) is 0. The Kier molecular flexibility index (Phi) is 6.32. The van der Waals surface area contributed by atoms with E-state index in [9.17, 15) is 9.59 Å². The molecule has 0 aliphatic heterocycles. The number of esters is 2. The zero-order valence-corrected chi connectivity index (χ0v) is 12.0. The van der Waals surface area contributed by atoms with Gasteiger partial charge in [-0.2, -0.15) is 0 Å². The van der Waals surface area contributed by atoms with Gasteiger partial charge in [-0.25, -0.2) is 0 Å². The van der Waals surface area contributed by atoms with Crippen LogP contribution in [0.1, 0.15) is 25.7 Å². The number of nitrogens with two attached hydrogens (primary N) is 2. The summed E-state index contributed by atoms with van der Waals surface area (Å²) in [6.07, 6.45) is 0.881. The number of halogens is 2. The minimum atomic E-state index is -1.23. The van der Waals surface area contributed by atoms with Crippen LogP contribution in [-0.2, 0) is 19.1 Å². The Hall–Kier alpha value is -0.560. The molecule has 0 spiro atoms. The normalized spacial score (nSPS) is 27.1. The highest BCUT2D eigenvalue weighted by Gasteiger charge is 2.50. The van der Waals surface area contributed by atoms with Gasteiger partial charge in [0.15, 0.2) is 5.60 Å². The van der Waals surface area contributed by atoms with Crippen LogP contribution in [0.2, 0.25) is 0 Å². The van der Waals surface area contributed by atoms with Crippen molar-refractivity contribution in [2.75, 3.05) is 11.8 Å². The molecule has 1 aliphatic carbocycles. The molecular weight excluding hydrogens is 295 g/mol. The first-order valence-corrected chi connectivity index (χ1v) is 7.07. The van der Waals surface area contributed by atoms with Crippen molar-refractivity contribution in [2.45, 2.75) is 43.6 Å². The van der Waals surface area contributed by atoms with Crippen molar-refractivity contribution in [3.8, 4) is 0 Å². The first kappa shape index (κ1) is 16.5. The number of rotatable bonds is 5. The first-order chi connectivity index (χ1) is 8.96. The highest BCUT2D eigenvalue weighted by molar-refractivity contribution is 6.26. The molecule has 0 amide bonds. The molecule has 0 bridgehead atoms. The quantitative estimate of drug-likeness (QED) is 0.434. The summed E-state index contributed by atoms with van der Waals surface area (Å²) in [5, 5.41) is 0. The Bertz CT molecular complexity index is 341. The second kappa shape index (κ2) is 7.28. The molecule has 1 saturated carbocycles. The van der Waals surface area contributed by atoms with Gasteiger partial charge in [0.25, 0.3) is 0 Å². The van der Waals surface area contributed by atoms with Gasteiger partial charge in [0.1, 0.15) is 17.9 Å². The largest absolute Gasteiger partial charge is 0.457 e. The summed E-state index contributed by atoms with van der Waals surface area (Å²) in [6, 6.07) is 0. The molecule has 1 fully saturated rings. The van der Waals surface area contributed by atoms with Gasteiger partial charge in [-0.1, -0.05) is 0 Å². The number of ether oxygens (including phenoxy) is 2. The Labute approximate surface area is 121 Å². The van der Waals surface area contributed by atoms with Crippen LogP contribution in [0.15, 0.2) is 0 Å². The molecule has 110 valence electrons. The van der Waals surface area contributed by atoms with Gasteiger partial charge in [0.2, 0.25) is 0 Å². The van der Waals surface area contributed by atoms with Crippen LogP contribution in [0.25, 0.3) is 0 Å². The second-order valence-corrected chi connectivity index (χ2v) is 4.98. The lowest BCUT2D eigenvalue weighted by Crippen LogP contribution is -2.65. The monoisotopic (exact) mass is 312 g/mol. The van der Waals surface area contributed by atoms with E-state index in [1.807, 2.05) is 0 Å².